The van der Waals surface area contributed by atoms with Gasteiger partial charge in [-0.3, -0.25) is 4.79 Å². The number of ether oxygens (including phenoxy) is 3. The number of hydrogen-bond donors (Lipinski definition) is 1. The first-order valence-electron chi connectivity index (χ1n) is 7.48. The molecule has 5 nitrogen and oxygen atoms in total. The fourth-order valence-corrected chi connectivity index (χ4v) is 2.37. The van der Waals surface area contributed by atoms with Gasteiger partial charge in [0.1, 0.15) is 5.75 Å². The van der Waals surface area contributed by atoms with Crippen molar-refractivity contribution >= 4 is 5.91 Å². The van der Waals surface area contributed by atoms with E-state index in [1.807, 2.05) is 18.2 Å². The summed E-state index contributed by atoms with van der Waals surface area (Å²) in [6, 6.07) is 5.83. The molecule has 1 saturated heterocycles. The predicted molar refractivity (Wildman–Crippen MR) is 83.7 cm³/mol. The van der Waals surface area contributed by atoms with Crippen molar-refractivity contribution in [3.05, 3.63) is 42.0 Å². The molecule has 0 bridgehead atoms. The molecule has 0 saturated carbocycles. The normalized spacial score (nSPS) is 15.3. The monoisotopic (exact) mass is 305 g/mol. The number of hydrogen-bond acceptors (Lipinski definition) is 4. The molecule has 0 aromatic heterocycles. The second kappa shape index (κ2) is 8.56. The number of rotatable bonds is 7. The third-order valence-corrected chi connectivity index (χ3v) is 3.64. The summed E-state index contributed by atoms with van der Waals surface area (Å²) in [5, 5.41) is 2.76. The molecule has 1 aromatic rings. The largest absolute Gasteiger partial charge is 0.496 e. The molecule has 22 heavy (non-hydrogen) atoms. The van der Waals surface area contributed by atoms with Crippen LogP contribution in [0.3, 0.4) is 0 Å². The molecular formula is C17H23NO4. The Labute approximate surface area is 131 Å². The van der Waals surface area contributed by atoms with Crippen molar-refractivity contribution in [2.45, 2.75) is 32.1 Å². The van der Waals surface area contributed by atoms with Crippen LogP contribution in [0.4, 0.5) is 0 Å². The number of amides is 1. The van der Waals surface area contributed by atoms with Crippen molar-refractivity contribution in [3.63, 3.8) is 0 Å². The van der Waals surface area contributed by atoms with Crippen molar-refractivity contribution in [2.24, 2.45) is 0 Å². The highest BCUT2D eigenvalue weighted by Gasteiger charge is 2.15. The predicted octanol–water partition coefficient (Wildman–Crippen LogP) is 2.19. The van der Waals surface area contributed by atoms with Crippen LogP contribution in [0.15, 0.2) is 30.9 Å². The maximum absolute atomic E-state index is 11.2. The summed E-state index contributed by atoms with van der Waals surface area (Å²) in [4.78, 5) is 11.2. The lowest BCUT2D eigenvalue weighted by molar-refractivity contribution is -0.116. The van der Waals surface area contributed by atoms with Crippen molar-refractivity contribution in [2.75, 3.05) is 20.3 Å². The second-order valence-electron chi connectivity index (χ2n) is 5.19. The first kappa shape index (κ1) is 16.5. The van der Waals surface area contributed by atoms with Gasteiger partial charge in [0, 0.05) is 25.3 Å². The lowest BCUT2D eigenvalue weighted by Crippen LogP contribution is -2.23. The van der Waals surface area contributed by atoms with Gasteiger partial charge in [-0.2, -0.15) is 0 Å². The third-order valence-electron chi connectivity index (χ3n) is 3.64. The minimum atomic E-state index is -0.184. The van der Waals surface area contributed by atoms with Crippen LogP contribution in [0.25, 0.3) is 0 Å². The summed E-state index contributed by atoms with van der Waals surface area (Å²) in [6.07, 6.45) is 3.36. The molecular weight excluding hydrogens is 282 g/mol. The highest BCUT2D eigenvalue weighted by Crippen LogP contribution is 2.22. The van der Waals surface area contributed by atoms with Gasteiger partial charge < -0.3 is 19.5 Å². The van der Waals surface area contributed by atoms with E-state index in [-0.39, 0.29) is 12.0 Å². The van der Waals surface area contributed by atoms with Gasteiger partial charge in [0.15, 0.2) is 0 Å². The maximum atomic E-state index is 11.2. The van der Waals surface area contributed by atoms with Gasteiger partial charge in [-0.05, 0) is 36.6 Å². The molecule has 1 amide bonds. The van der Waals surface area contributed by atoms with E-state index in [1.54, 1.807) is 7.11 Å². The molecule has 2 rings (SSSR count). The van der Waals surface area contributed by atoms with Gasteiger partial charge in [0.05, 0.1) is 19.8 Å². The Morgan fingerprint density at radius 3 is 2.91 bits per heavy atom. The molecule has 1 aliphatic heterocycles. The lowest BCUT2D eigenvalue weighted by atomic mass is 10.1. The molecule has 0 atom stereocenters. The summed E-state index contributed by atoms with van der Waals surface area (Å²) in [5.74, 6) is 0.613. The van der Waals surface area contributed by atoms with Crippen molar-refractivity contribution in [3.8, 4) is 5.75 Å². The van der Waals surface area contributed by atoms with E-state index in [2.05, 4.69) is 11.9 Å². The van der Waals surface area contributed by atoms with Gasteiger partial charge >= 0.3 is 0 Å². The zero-order valence-corrected chi connectivity index (χ0v) is 13.0. The molecule has 1 heterocycles. The second-order valence-corrected chi connectivity index (χ2v) is 5.19. The van der Waals surface area contributed by atoms with Crippen LogP contribution in [0.2, 0.25) is 0 Å². The molecule has 1 N–H and O–H groups in total. The van der Waals surface area contributed by atoms with Gasteiger partial charge in [0.25, 0.3) is 0 Å². The Morgan fingerprint density at radius 2 is 2.23 bits per heavy atom. The van der Waals surface area contributed by atoms with E-state index in [0.29, 0.717) is 13.2 Å². The quantitative estimate of drug-likeness (QED) is 0.785. The van der Waals surface area contributed by atoms with Crippen LogP contribution >= 0.6 is 0 Å². The van der Waals surface area contributed by atoms with E-state index in [4.69, 9.17) is 14.2 Å². The lowest BCUT2D eigenvalue weighted by Gasteiger charge is -2.23. The number of carbonyl (C=O) groups excluding carboxylic acids is 1. The van der Waals surface area contributed by atoms with Gasteiger partial charge in [-0.15, -0.1) is 0 Å². The van der Waals surface area contributed by atoms with Crippen molar-refractivity contribution in [1.82, 2.24) is 5.32 Å². The highest BCUT2D eigenvalue weighted by atomic mass is 16.5. The molecule has 0 radical (unpaired) electrons. The minimum Gasteiger partial charge on any atom is -0.496 e. The summed E-state index contributed by atoms with van der Waals surface area (Å²) >= 11 is 0. The molecule has 1 fully saturated rings. The molecule has 0 unspecified atom stereocenters. The Kier molecular flexibility index (Phi) is 6.43. The molecule has 0 aliphatic carbocycles. The third kappa shape index (κ3) is 4.86. The first-order valence-corrected chi connectivity index (χ1v) is 7.48. The Balaban J connectivity index is 1.97. The van der Waals surface area contributed by atoms with E-state index < -0.39 is 0 Å². The Hall–Kier alpha value is -1.85. The number of benzene rings is 1. The standard InChI is InChI=1S/C17H23NO4/c1-3-17(19)18-11-13-4-5-16(20-2)14(10-13)12-22-15-6-8-21-9-7-15/h3-5,10,15H,1,6-9,11-12H2,2H3,(H,18,19). The number of carbonyl (C=O) groups is 1. The summed E-state index contributed by atoms with van der Waals surface area (Å²) in [7, 11) is 1.65. The van der Waals surface area contributed by atoms with Crippen LogP contribution < -0.4 is 10.1 Å². The number of methoxy groups -OCH3 is 1. The maximum Gasteiger partial charge on any atom is 0.243 e. The van der Waals surface area contributed by atoms with Crippen LogP contribution in [0, 0.1) is 0 Å². The van der Waals surface area contributed by atoms with E-state index in [9.17, 15) is 4.79 Å². The topological polar surface area (TPSA) is 56.8 Å². The van der Waals surface area contributed by atoms with Crippen LogP contribution in [0.1, 0.15) is 24.0 Å². The van der Waals surface area contributed by atoms with Crippen molar-refractivity contribution < 1.29 is 19.0 Å². The van der Waals surface area contributed by atoms with E-state index >= 15 is 0 Å². The SMILES string of the molecule is C=CC(=O)NCc1ccc(OC)c(COC2CCOCC2)c1. The smallest absolute Gasteiger partial charge is 0.243 e. The molecule has 1 aromatic carbocycles. The fraction of sp³-hybridized carbons (Fsp3) is 0.471. The molecule has 0 spiro atoms. The van der Waals surface area contributed by atoms with Crippen LogP contribution in [-0.2, 0) is 27.4 Å². The Bertz CT molecular complexity index is 509. The van der Waals surface area contributed by atoms with Crippen molar-refractivity contribution in [1.29, 1.82) is 0 Å². The number of nitrogens with one attached hydrogen (secondary N) is 1. The average molecular weight is 305 g/mol. The van der Waals surface area contributed by atoms with E-state index in [0.717, 1.165) is 42.9 Å². The first-order chi connectivity index (χ1) is 10.7. The van der Waals surface area contributed by atoms with Crippen LogP contribution in [-0.4, -0.2) is 32.3 Å². The summed E-state index contributed by atoms with van der Waals surface area (Å²) in [5.41, 5.74) is 1.99. The zero-order valence-electron chi connectivity index (χ0n) is 13.0. The summed E-state index contributed by atoms with van der Waals surface area (Å²) in [6.45, 7) is 5.91. The van der Waals surface area contributed by atoms with Gasteiger partial charge in [-0.25, -0.2) is 0 Å². The zero-order chi connectivity index (χ0) is 15.8. The van der Waals surface area contributed by atoms with Gasteiger partial charge in [0.2, 0.25) is 5.91 Å². The highest BCUT2D eigenvalue weighted by molar-refractivity contribution is 5.86. The fourth-order valence-electron chi connectivity index (χ4n) is 2.37. The van der Waals surface area contributed by atoms with Gasteiger partial charge in [-0.1, -0.05) is 12.6 Å². The minimum absolute atomic E-state index is 0.184. The summed E-state index contributed by atoms with van der Waals surface area (Å²) < 4.78 is 16.7. The van der Waals surface area contributed by atoms with E-state index in [1.165, 1.54) is 6.08 Å². The average Bonchev–Trinajstić information content (AvgIpc) is 2.58. The van der Waals surface area contributed by atoms with Crippen LogP contribution in [0.5, 0.6) is 5.75 Å². The molecule has 5 heteroatoms. The molecule has 1 aliphatic rings. The molecule has 120 valence electrons. The Morgan fingerprint density at radius 1 is 1.45 bits per heavy atom.